The molecule has 1 saturated heterocycles. The van der Waals surface area contributed by atoms with Crippen molar-refractivity contribution in [3.63, 3.8) is 0 Å². The predicted molar refractivity (Wildman–Crippen MR) is 118 cm³/mol. The van der Waals surface area contributed by atoms with Gasteiger partial charge in [-0.2, -0.15) is 0 Å². The van der Waals surface area contributed by atoms with E-state index in [0.29, 0.717) is 6.54 Å². The molecule has 4 rings (SSSR count). The highest BCUT2D eigenvalue weighted by Gasteiger charge is 2.43. The van der Waals surface area contributed by atoms with Gasteiger partial charge in [-0.05, 0) is 36.8 Å². The molecule has 2 fully saturated rings. The Morgan fingerprint density at radius 1 is 1.33 bits per heavy atom. The molecule has 2 aliphatic rings. The van der Waals surface area contributed by atoms with Crippen molar-refractivity contribution in [3.8, 4) is 10.4 Å². The fourth-order valence-corrected chi connectivity index (χ4v) is 4.63. The summed E-state index contributed by atoms with van der Waals surface area (Å²) in [5, 5.41) is 12.9. The second kappa shape index (κ2) is 9.43. The number of likely N-dealkylation sites (tertiary alicyclic amines) is 1. The van der Waals surface area contributed by atoms with Crippen molar-refractivity contribution in [2.45, 2.75) is 50.9 Å². The molecule has 2 aromatic rings. The third kappa shape index (κ3) is 4.83. The van der Waals surface area contributed by atoms with Crippen LogP contribution in [0.4, 0.5) is 0 Å². The van der Waals surface area contributed by atoms with Crippen molar-refractivity contribution in [3.05, 3.63) is 41.0 Å². The number of halogens is 1. The van der Waals surface area contributed by atoms with Gasteiger partial charge in [0, 0.05) is 19.5 Å². The topological polar surface area (TPSA) is 109 Å². The molecule has 1 aromatic carbocycles. The lowest BCUT2D eigenvalue weighted by Crippen LogP contribution is -2.51. The number of aliphatic hydroxyl groups is 1. The molecule has 7 nitrogen and oxygen atoms in total. The number of rotatable bonds is 6. The van der Waals surface area contributed by atoms with Gasteiger partial charge in [-0.3, -0.25) is 9.59 Å². The summed E-state index contributed by atoms with van der Waals surface area (Å²) < 4.78 is 0. The molecule has 1 aliphatic carbocycles. The number of carbonyl (C=O) groups excluding carboxylic acids is 2. The first-order valence-electron chi connectivity index (χ1n) is 9.95. The van der Waals surface area contributed by atoms with Crippen molar-refractivity contribution in [2.24, 2.45) is 11.7 Å². The number of aryl methyl sites for hydroxylation is 1. The average molecular weight is 451 g/mol. The highest BCUT2D eigenvalue weighted by atomic mass is 35.5. The van der Waals surface area contributed by atoms with E-state index in [1.54, 1.807) is 11.3 Å². The Morgan fingerprint density at radius 2 is 2.03 bits per heavy atom. The van der Waals surface area contributed by atoms with E-state index in [1.165, 1.54) is 4.90 Å². The zero-order chi connectivity index (χ0) is 20.5. The molecule has 3 atom stereocenters. The first kappa shape index (κ1) is 22.7. The molecule has 9 heteroatoms. The highest BCUT2D eigenvalue weighted by Crippen LogP contribution is 2.33. The molecule has 0 radical (unpaired) electrons. The summed E-state index contributed by atoms with van der Waals surface area (Å²) >= 11 is 1.60. The van der Waals surface area contributed by atoms with E-state index in [9.17, 15) is 14.7 Å². The van der Waals surface area contributed by atoms with Gasteiger partial charge in [0.2, 0.25) is 11.8 Å². The van der Waals surface area contributed by atoms with Crippen LogP contribution >= 0.6 is 23.7 Å². The van der Waals surface area contributed by atoms with Crippen molar-refractivity contribution in [1.29, 1.82) is 0 Å². The van der Waals surface area contributed by atoms with Gasteiger partial charge < -0.3 is 21.1 Å². The molecule has 30 heavy (non-hydrogen) atoms. The monoisotopic (exact) mass is 450 g/mol. The lowest BCUT2D eigenvalue weighted by Gasteiger charge is -2.26. The maximum Gasteiger partial charge on any atom is 0.243 e. The van der Waals surface area contributed by atoms with E-state index in [-0.39, 0.29) is 43.1 Å². The summed E-state index contributed by atoms with van der Waals surface area (Å²) in [6, 6.07) is 6.76. The molecule has 2 heterocycles. The van der Waals surface area contributed by atoms with E-state index >= 15 is 0 Å². The van der Waals surface area contributed by atoms with Crippen LogP contribution in [0.1, 0.15) is 30.5 Å². The molecule has 2 amide bonds. The molecule has 1 saturated carbocycles. The summed E-state index contributed by atoms with van der Waals surface area (Å²) in [5.41, 5.74) is 10.9. The minimum Gasteiger partial charge on any atom is -0.391 e. The van der Waals surface area contributed by atoms with Crippen LogP contribution in [0.3, 0.4) is 0 Å². The smallest absolute Gasteiger partial charge is 0.243 e. The number of thiazole rings is 1. The van der Waals surface area contributed by atoms with Crippen molar-refractivity contribution < 1.29 is 14.7 Å². The summed E-state index contributed by atoms with van der Waals surface area (Å²) in [6.45, 7) is 2.52. The van der Waals surface area contributed by atoms with Crippen LogP contribution in [0.2, 0.25) is 0 Å². The number of aliphatic hydroxyl groups excluding tert-OH is 1. The number of hydrogen-bond acceptors (Lipinski definition) is 6. The number of carbonyl (C=O) groups is 2. The molecule has 1 aliphatic heterocycles. The lowest BCUT2D eigenvalue weighted by atomic mass is 10.1. The number of nitrogens with one attached hydrogen (secondary N) is 1. The van der Waals surface area contributed by atoms with Gasteiger partial charge in [0.25, 0.3) is 0 Å². The standard InChI is InChI=1S/C21H26N4O3S.ClH/c1-12-19(29-11-24-12)15-4-2-13(3-5-15)9-23-20(27)17-8-16(26)10-25(17)21(28)18(22)14-6-7-14;/h2-5,11,14,16-18,26H,6-10,22H2,1H3,(H,23,27);1H/t16?,17?,18-;/m0./s1. The molecule has 1 aromatic heterocycles. The first-order valence-corrected chi connectivity index (χ1v) is 10.8. The Balaban J connectivity index is 0.00000256. The maximum atomic E-state index is 12.7. The van der Waals surface area contributed by atoms with E-state index in [0.717, 1.165) is 34.5 Å². The molecule has 0 bridgehead atoms. The fourth-order valence-electron chi connectivity index (χ4n) is 3.81. The van der Waals surface area contributed by atoms with E-state index in [4.69, 9.17) is 5.73 Å². The number of amides is 2. The number of hydrogen-bond donors (Lipinski definition) is 3. The van der Waals surface area contributed by atoms with E-state index in [1.807, 2.05) is 36.7 Å². The van der Waals surface area contributed by atoms with Crippen molar-refractivity contribution in [2.75, 3.05) is 6.54 Å². The Morgan fingerprint density at radius 3 is 2.63 bits per heavy atom. The first-order chi connectivity index (χ1) is 13.9. The minimum atomic E-state index is -0.692. The van der Waals surface area contributed by atoms with Crippen molar-refractivity contribution >= 4 is 35.6 Å². The lowest BCUT2D eigenvalue weighted by molar-refractivity contribution is -0.139. The van der Waals surface area contributed by atoms with Crippen LogP contribution in [0.25, 0.3) is 10.4 Å². The quantitative estimate of drug-likeness (QED) is 0.622. The zero-order valence-electron chi connectivity index (χ0n) is 16.8. The summed E-state index contributed by atoms with van der Waals surface area (Å²) in [6.07, 6.45) is 1.47. The van der Waals surface area contributed by atoms with Gasteiger partial charge in [0.15, 0.2) is 0 Å². The van der Waals surface area contributed by atoms with Crippen LogP contribution in [-0.2, 0) is 16.1 Å². The van der Waals surface area contributed by atoms with Crippen LogP contribution < -0.4 is 11.1 Å². The van der Waals surface area contributed by atoms with Gasteiger partial charge in [-0.15, -0.1) is 23.7 Å². The van der Waals surface area contributed by atoms with E-state index < -0.39 is 18.2 Å². The Kier molecular flexibility index (Phi) is 7.13. The molecule has 4 N–H and O–H groups in total. The Labute approximate surface area is 186 Å². The van der Waals surface area contributed by atoms with Gasteiger partial charge in [0.1, 0.15) is 6.04 Å². The number of aromatic nitrogens is 1. The van der Waals surface area contributed by atoms with Gasteiger partial charge in [0.05, 0.1) is 28.2 Å². The van der Waals surface area contributed by atoms with Crippen LogP contribution in [-0.4, -0.2) is 51.5 Å². The van der Waals surface area contributed by atoms with Crippen LogP contribution in [0.15, 0.2) is 29.8 Å². The summed E-state index contributed by atoms with van der Waals surface area (Å²) in [4.78, 5) is 32.2. The second-order valence-corrected chi connectivity index (χ2v) is 8.80. The summed E-state index contributed by atoms with van der Waals surface area (Å²) in [7, 11) is 0. The average Bonchev–Trinajstić information content (AvgIpc) is 3.37. The maximum absolute atomic E-state index is 12.7. The molecule has 2 unspecified atom stereocenters. The van der Waals surface area contributed by atoms with Crippen molar-refractivity contribution in [1.82, 2.24) is 15.2 Å². The predicted octanol–water partition coefficient (Wildman–Crippen LogP) is 1.86. The normalized spacial score (nSPS) is 21.8. The van der Waals surface area contributed by atoms with Gasteiger partial charge in [-0.1, -0.05) is 24.3 Å². The Bertz CT molecular complexity index is 900. The number of benzene rings is 1. The van der Waals surface area contributed by atoms with Gasteiger partial charge >= 0.3 is 0 Å². The van der Waals surface area contributed by atoms with Gasteiger partial charge in [-0.25, -0.2) is 4.98 Å². The van der Waals surface area contributed by atoms with Crippen LogP contribution in [0.5, 0.6) is 0 Å². The molecule has 162 valence electrons. The zero-order valence-corrected chi connectivity index (χ0v) is 18.4. The molecule has 0 spiro atoms. The Hall–Kier alpha value is -2.00. The minimum absolute atomic E-state index is 0. The number of nitrogens with zero attached hydrogens (tertiary/aromatic N) is 2. The number of β-amino-alcohol motifs (C(OH)–C–C–N with tert-alkyl or cyclic N) is 1. The highest BCUT2D eigenvalue weighted by molar-refractivity contribution is 7.13. The second-order valence-electron chi connectivity index (χ2n) is 7.94. The molecular formula is C21H27ClN4O3S. The molecular weight excluding hydrogens is 424 g/mol. The van der Waals surface area contributed by atoms with Crippen LogP contribution in [0, 0.1) is 12.8 Å². The third-order valence-electron chi connectivity index (χ3n) is 5.71. The summed E-state index contributed by atoms with van der Waals surface area (Å²) in [5.74, 6) is -0.265. The SMILES string of the molecule is Cc1ncsc1-c1ccc(CNC(=O)C2CC(O)CN2C(=O)[C@@H](N)C2CC2)cc1.Cl. The van der Waals surface area contributed by atoms with E-state index in [2.05, 4.69) is 10.3 Å². The largest absolute Gasteiger partial charge is 0.391 e. The fraction of sp³-hybridized carbons (Fsp3) is 0.476. The number of nitrogens with two attached hydrogens (primary N) is 1. The third-order valence-corrected chi connectivity index (χ3v) is 6.69.